The Bertz CT molecular complexity index is 649. The smallest absolute Gasteiger partial charge is 0.138 e. The predicted molar refractivity (Wildman–Crippen MR) is 71.6 cm³/mol. The van der Waals surface area contributed by atoms with Crippen LogP contribution in [0.15, 0.2) is 36.4 Å². The van der Waals surface area contributed by atoms with Crippen LogP contribution in [0, 0.1) is 24.1 Å². The molecule has 0 radical (unpaired) electrons. The first-order chi connectivity index (χ1) is 9.10. The van der Waals surface area contributed by atoms with Crippen LogP contribution < -0.4 is 4.74 Å². The van der Waals surface area contributed by atoms with E-state index in [0.717, 1.165) is 11.1 Å². The number of hydrogen-bond donors (Lipinski definition) is 0. The third-order valence-electron chi connectivity index (χ3n) is 2.75. The van der Waals surface area contributed by atoms with Crippen LogP contribution in [0.25, 0.3) is 0 Å². The standard InChI is InChI=1S/C15H11ClFNO/c1-10-6-11(8-18)2-3-12(10)9-19-15-5-4-13(17)7-14(15)16/h2-7H,9H2,1H3. The van der Waals surface area contributed by atoms with Crippen molar-refractivity contribution in [3.63, 3.8) is 0 Å². The van der Waals surface area contributed by atoms with E-state index in [2.05, 4.69) is 6.07 Å². The lowest BCUT2D eigenvalue weighted by Gasteiger charge is -2.10. The summed E-state index contributed by atoms with van der Waals surface area (Å²) >= 11 is 5.88. The average molecular weight is 276 g/mol. The Balaban J connectivity index is 2.13. The highest BCUT2D eigenvalue weighted by Crippen LogP contribution is 2.26. The van der Waals surface area contributed by atoms with Crippen molar-refractivity contribution in [2.45, 2.75) is 13.5 Å². The minimum atomic E-state index is -0.396. The molecular formula is C15H11ClFNO. The van der Waals surface area contributed by atoms with Crippen LogP contribution in [-0.2, 0) is 6.61 Å². The number of nitriles is 1. The Labute approximate surface area is 116 Å². The molecule has 0 N–H and O–H groups in total. The molecule has 0 fully saturated rings. The molecule has 0 aliphatic rings. The molecule has 0 bridgehead atoms. The molecule has 2 aromatic carbocycles. The lowest BCUT2D eigenvalue weighted by molar-refractivity contribution is 0.305. The van der Waals surface area contributed by atoms with Crippen molar-refractivity contribution in [3.8, 4) is 11.8 Å². The molecule has 0 aromatic heterocycles. The van der Waals surface area contributed by atoms with E-state index in [1.165, 1.54) is 18.2 Å². The van der Waals surface area contributed by atoms with E-state index < -0.39 is 5.82 Å². The summed E-state index contributed by atoms with van der Waals surface area (Å²) in [5.74, 6) is 0.0405. The molecular weight excluding hydrogens is 265 g/mol. The number of ether oxygens (including phenoxy) is 1. The van der Waals surface area contributed by atoms with Gasteiger partial charge >= 0.3 is 0 Å². The van der Waals surface area contributed by atoms with Crippen molar-refractivity contribution in [2.24, 2.45) is 0 Å². The third-order valence-corrected chi connectivity index (χ3v) is 3.04. The maximum atomic E-state index is 12.9. The van der Waals surface area contributed by atoms with Crippen LogP contribution in [0.2, 0.25) is 5.02 Å². The fourth-order valence-corrected chi connectivity index (χ4v) is 1.90. The van der Waals surface area contributed by atoms with Crippen molar-refractivity contribution in [2.75, 3.05) is 0 Å². The van der Waals surface area contributed by atoms with Crippen LogP contribution in [0.5, 0.6) is 5.75 Å². The molecule has 0 aliphatic carbocycles. The van der Waals surface area contributed by atoms with E-state index in [9.17, 15) is 4.39 Å². The van der Waals surface area contributed by atoms with E-state index in [1.807, 2.05) is 13.0 Å². The molecule has 0 atom stereocenters. The molecule has 96 valence electrons. The fourth-order valence-electron chi connectivity index (χ4n) is 1.68. The Kier molecular flexibility index (Phi) is 4.03. The molecule has 0 aliphatic heterocycles. The summed E-state index contributed by atoms with van der Waals surface area (Å²) in [7, 11) is 0. The van der Waals surface area contributed by atoms with E-state index >= 15 is 0 Å². The summed E-state index contributed by atoms with van der Waals surface area (Å²) in [5, 5.41) is 9.03. The normalized spacial score (nSPS) is 10.0. The van der Waals surface area contributed by atoms with Gasteiger partial charge in [-0.25, -0.2) is 4.39 Å². The van der Waals surface area contributed by atoms with E-state index in [-0.39, 0.29) is 5.02 Å². The number of benzene rings is 2. The summed E-state index contributed by atoms with van der Waals surface area (Å²) in [6.07, 6.45) is 0. The third kappa shape index (κ3) is 3.24. The van der Waals surface area contributed by atoms with Crippen LogP contribution in [0.1, 0.15) is 16.7 Å². The zero-order valence-electron chi connectivity index (χ0n) is 10.3. The van der Waals surface area contributed by atoms with Gasteiger partial charge in [-0.05, 0) is 48.4 Å². The number of halogens is 2. The molecule has 0 unspecified atom stereocenters. The zero-order valence-corrected chi connectivity index (χ0v) is 11.0. The number of nitrogens with zero attached hydrogens (tertiary/aromatic N) is 1. The molecule has 0 saturated heterocycles. The van der Waals surface area contributed by atoms with Crippen molar-refractivity contribution in [1.29, 1.82) is 5.26 Å². The average Bonchev–Trinajstić information content (AvgIpc) is 2.39. The summed E-state index contributed by atoms with van der Waals surface area (Å²) in [5.41, 5.74) is 2.54. The van der Waals surface area contributed by atoms with Crippen LogP contribution in [0.3, 0.4) is 0 Å². The lowest BCUT2D eigenvalue weighted by atomic mass is 10.1. The first kappa shape index (κ1) is 13.4. The van der Waals surface area contributed by atoms with Gasteiger partial charge < -0.3 is 4.74 Å². The molecule has 0 saturated carbocycles. The Morgan fingerprint density at radius 3 is 2.68 bits per heavy atom. The summed E-state index contributed by atoms with van der Waals surface area (Å²) < 4.78 is 18.4. The second-order valence-electron chi connectivity index (χ2n) is 4.12. The number of hydrogen-bond acceptors (Lipinski definition) is 2. The second kappa shape index (κ2) is 5.73. The van der Waals surface area contributed by atoms with Gasteiger partial charge in [0.1, 0.15) is 18.2 Å². The Hall–Kier alpha value is -2.05. The van der Waals surface area contributed by atoms with Gasteiger partial charge in [-0.1, -0.05) is 17.7 Å². The largest absolute Gasteiger partial charge is 0.487 e. The maximum absolute atomic E-state index is 12.9. The molecule has 19 heavy (non-hydrogen) atoms. The highest BCUT2D eigenvalue weighted by atomic mass is 35.5. The Morgan fingerprint density at radius 2 is 2.05 bits per heavy atom. The van der Waals surface area contributed by atoms with Crippen molar-refractivity contribution in [1.82, 2.24) is 0 Å². The Morgan fingerprint density at radius 1 is 1.26 bits per heavy atom. The van der Waals surface area contributed by atoms with Gasteiger partial charge in [0.15, 0.2) is 0 Å². The van der Waals surface area contributed by atoms with E-state index in [4.69, 9.17) is 21.6 Å². The lowest BCUT2D eigenvalue weighted by Crippen LogP contribution is -1.99. The summed E-state index contributed by atoms with van der Waals surface area (Å²) in [6.45, 7) is 2.23. The van der Waals surface area contributed by atoms with Gasteiger partial charge in [0.05, 0.1) is 16.7 Å². The van der Waals surface area contributed by atoms with E-state index in [1.54, 1.807) is 12.1 Å². The minimum absolute atomic E-state index is 0.242. The van der Waals surface area contributed by atoms with Crippen LogP contribution in [-0.4, -0.2) is 0 Å². The molecule has 2 rings (SSSR count). The van der Waals surface area contributed by atoms with Gasteiger partial charge in [0, 0.05) is 0 Å². The van der Waals surface area contributed by atoms with Crippen molar-refractivity contribution >= 4 is 11.6 Å². The molecule has 0 spiro atoms. The first-order valence-corrected chi connectivity index (χ1v) is 6.05. The van der Waals surface area contributed by atoms with E-state index in [0.29, 0.717) is 17.9 Å². The van der Waals surface area contributed by atoms with Gasteiger partial charge in [-0.3, -0.25) is 0 Å². The molecule has 0 heterocycles. The molecule has 4 heteroatoms. The van der Waals surface area contributed by atoms with Crippen LogP contribution in [0.4, 0.5) is 4.39 Å². The monoisotopic (exact) mass is 275 g/mol. The molecule has 2 nitrogen and oxygen atoms in total. The SMILES string of the molecule is Cc1cc(C#N)ccc1COc1ccc(F)cc1Cl. The summed E-state index contributed by atoms with van der Waals surface area (Å²) in [4.78, 5) is 0. The fraction of sp³-hybridized carbons (Fsp3) is 0.133. The van der Waals surface area contributed by atoms with Crippen LogP contribution >= 0.6 is 11.6 Å². The second-order valence-corrected chi connectivity index (χ2v) is 4.52. The summed E-state index contributed by atoms with van der Waals surface area (Å²) in [6, 6.07) is 11.5. The van der Waals surface area contributed by atoms with Gasteiger partial charge in [-0.15, -0.1) is 0 Å². The minimum Gasteiger partial charge on any atom is -0.487 e. The van der Waals surface area contributed by atoms with Crippen molar-refractivity contribution < 1.29 is 9.13 Å². The highest BCUT2D eigenvalue weighted by molar-refractivity contribution is 6.32. The maximum Gasteiger partial charge on any atom is 0.138 e. The predicted octanol–water partition coefficient (Wildman–Crippen LogP) is 4.24. The quantitative estimate of drug-likeness (QED) is 0.839. The van der Waals surface area contributed by atoms with Gasteiger partial charge in [0.2, 0.25) is 0 Å². The molecule has 2 aromatic rings. The van der Waals surface area contributed by atoms with Crippen molar-refractivity contribution in [3.05, 3.63) is 63.9 Å². The number of aryl methyl sites for hydroxylation is 1. The van der Waals surface area contributed by atoms with Gasteiger partial charge in [0.25, 0.3) is 0 Å². The highest BCUT2D eigenvalue weighted by Gasteiger charge is 2.05. The zero-order chi connectivity index (χ0) is 13.8. The van der Waals surface area contributed by atoms with Gasteiger partial charge in [-0.2, -0.15) is 5.26 Å². The first-order valence-electron chi connectivity index (χ1n) is 5.67. The number of rotatable bonds is 3. The topological polar surface area (TPSA) is 33.0 Å². The molecule has 0 amide bonds.